The molecule has 4 aromatic rings. The van der Waals surface area contributed by atoms with Gasteiger partial charge >= 0.3 is 12.2 Å². The number of nitrogens with zero attached hydrogens (tertiary/aromatic N) is 5. The van der Waals surface area contributed by atoms with Gasteiger partial charge in [-0.1, -0.05) is 51.1 Å². The first-order valence-corrected chi connectivity index (χ1v) is 18.9. The number of fused-ring (bicyclic) bond motifs is 1. The third kappa shape index (κ3) is 9.50. The van der Waals surface area contributed by atoms with Gasteiger partial charge in [-0.3, -0.25) is 15.0 Å². The molecule has 0 spiro atoms. The van der Waals surface area contributed by atoms with Crippen LogP contribution < -0.4 is 10.1 Å². The minimum atomic E-state index is -0.682. The monoisotopic (exact) mass is 738 g/mol. The van der Waals surface area contributed by atoms with E-state index in [2.05, 4.69) is 41.8 Å². The maximum absolute atomic E-state index is 13.4. The summed E-state index contributed by atoms with van der Waals surface area (Å²) in [7, 11) is 0. The minimum absolute atomic E-state index is 0.00153. The van der Waals surface area contributed by atoms with Crippen molar-refractivity contribution in [2.45, 2.75) is 111 Å². The third-order valence-electron chi connectivity index (χ3n) is 9.71. The van der Waals surface area contributed by atoms with E-state index in [1.807, 2.05) is 94.1 Å². The second-order valence-electron chi connectivity index (χ2n) is 17.3. The van der Waals surface area contributed by atoms with Crippen LogP contribution in [0, 0.1) is 5.41 Å². The average molecular weight is 739 g/mol. The lowest BCUT2D eigenvalue weighted by molar-refractivity contribution is -0.139. The van der Waals surface area contributed by atoms with Crippen molar-refractivity contribution in [3.05, 3.63) is 67.1 Å². The van der Waals surface area contributed by atoms with Crippen molar-refractivity contribution in [1.82, 2.24) is 24.3 Å². The van der Waals surface area contributed by atoms with Crippen LogP contribution in [-0.2, 0) is 14.3 Å². The number of para-hydroxylation sites is 1. The number of carbonyl (C=O) groups excluding carboxylic acids is 3. The molecule has 6 rings (SSSR count). The van der Waals surface area contributed by atoms with Crippen LogP contribution in [0.1, 0.15) is 93.5 Å². The molecule has 0 atom stereocenters. The van der Waals surface area contributed by atoms with Crippen LogP contribution >= 0.6 is 0 Å². The Morgan fingerprint density at radius 2 is 1.46 bits per heavy atom. The van der Waals surface area contributed by atoms with Crippen LogP contribution in [0.15, 0.2) is 67.1 Å². The molecule has 0 bridgehead atoms. The molecule has 1 saturated heterocycles. The molecule has 12 nitrogen and oxygen atoms in total. The summed E-state index contributed by atoms with van der Waals surface area (Å²) in [5.74, 6) is 1.77. The van der Waals surface area contributed by atoms with E-state index in [-0.39, 0.29) is 30.0 Å². The molecular weight excluding hydrogens is 684 g/mol. The molecule has 12 heteroatoms. The molecule has 2 aromatic heterocycles. The first kappa shape index (κ1) is 38.6. The summed E-state index contributed by atoms with van der Waals surface area (Å²) in [4.78, 5) is 52.1. The topological polar surface area (TPSA) is 128 Å². The summed E-state index contributed by atoms with van der Waals surface area (Å²) in [6.07, 6.45) is 6.52. The van der Waals surface area contributed by atoms with E-state index in [4.69, 9.17) is 19.2 Å². The van der Waals surface area contributed by atoms with Crippen molar-refractivity contribution >= 4 is 34.9 Å². The predicted octanol–water partition coefficient (Wildman–Crippen LogP) is 9.22. The van der Waals surface area contributed by atoms with E-state index in [1.54, 1.807) is 0 Å². The Morgan fingerprint density at radius 3 is 2.09 bits per heavy atom. The average Bonchev–Trinajstić information content (AvgIpc) is 3.48. The fraction of sp³-hybridized carbons (Fsp3) is 0.500. The van der Waals surface area contributed by atoms with Gasteiger partial charge in [-0.05, 0) is 102 Å². The number of benzene rings is 2. The van der Waals surface area contributed by atoms with Crippen molar-refractivity contribution < 1.29 is 28.6 Å². The predicted molar refractivity (Wildman–Crippen MR) is 209 cm³/mol. The highest BCUT2D eigenvalue weighted by atomic mass is 16.6. The van der Waals surface area contributed by atoms with Gasteiger partial charge in [-0.15, -0.1) is 0 Å². The first-order chi connectivity index (χ1) is 25.4. The van der Waals surface area contributed by atoms with Crippen molar-refractivity contribution in [3.8, 4) is 22.6 Å². The van der Waals surface area contributed by atoms with Gasteiger partial charge in [0, 0.05) is 36.9 Å². The van der Waals surface area contributed by atoms with Crippen LogP contribution in [0.3, 0.4) is 0 Å². The van der Waals surface area contributed by atoms with E-state index in [1.165, 1.54) is 11.2 Å². The zero-order valence-electron chi connectivity index (χ0n) is 32.8. The molecule has 3 heterocycles. The number of hydrogen-bond acceptors (Lipinski definition) is 8. The van der Waals surface area contributed by atoms with Gasteiger partial charge in [0.05, 0.1) is 5.39 Å². The Hall–Kier alpha value is -5.13. The maximum Gasteiger partial charge on any atom is 0.413 e. The highest BCUT2D eigenvalue weighted by Gasteiger charge is 2.37. The number of rotatable bonds is 8. The largest absolute Gasteiger partial charge is 0.457 e. The number of amides is 3. The summed E-state index contributed by atoms with van der Waals surface area (Å²) in [6, 6.07) is 17.6. The number of carbonyl (C=O) groups is 3. The molecule has 2 fully saturated rings. The molecule has 0 radical (unpaired) electrons. The molecule has 3 amide bonds. The Labute approximate surface area is 318 Å². The number of anilines is 1. The quantitative estimate of drug-likeness (QED) is 0.190. The summed E-state index contributed by atoms with van der Waals surface area (Å²) < 4.78 is 19.7. The van der Waals surface area contributed by atoms with E-state index in [0.29, 0.717) is 42.1 Å². The van der Waals surface area contributed by atoms with Crippen LogP contribution in [0.2, 0.25) is 0 Å². The number of nitrogens with one attached hydrogen (secondary N) is 1. The summed E-state index contributed by atoms with van der Waals surface area (Å²) in [5, 5.41) is 3.58. The van der Waals surface area contributed by atoms with E-state index < -0.39 is 23.4 Å². The van der Waals surface area contributed by atoms with Crippen molar-refractivity contribution in [1.29, 1.82) is 0 Å². The number of aromatic nitrogens is 3. The molecule has 1 N–H and O–H groups in total. The fourth-order valence-corrected chi connectivity index (χ4v) is 7.89. The maximum atomic E-state index is 13.4. The van der Waals surface area contributed by atoms with Gasteiger partial charge in [0.15, 0.2) is 0 Å². The van der Waals surface area contributed by atoms with Crippen molar-refractivity contribution in [2.75, 3.05) is 25.0 Å². The van der Waals surface area contributed by atoms with Crippen LogP contribution in [-0.4, -0.2) is 79.3 Å². The second-order valence-corrected chi connectivity index (χ2v) is 17.3. The highest BCUT2D eigenvalue weighted by Crippen LogP contribution is 2.40. The molecule has 288 valence electrons. The lowest BCUT2D eigenvalue weighted by Gasteiger charge is -2.42. The minimum Gasteiger partial charge on any atom is -0.457 e. The van der Waals surface area contributed by atoms with Crippen LogP contribution in [0.25, 0.3) is 22.2 Å². The van der Waals surface area contributed by atoms with E-state index in [9.17, 15) is 14.4 Å². The molecule has 1 aliphatic heterocycles. The fourth-order valence-electron chi connectivity index (χ4n) is 7.89. The standard InChI is InChI=1S/C42H54N6O6/c1-40(2,3)26-42(7,8)54-39(51)46-22-23-47(34(49)25-46)29-16-18-30(19-17-29)48-24-33(28-14-20-32(21-15-28)52-31-12-10-9-11-13-31)35-36(43-27-44-37(35)48)45-38(50)53-41(4,5)6/h9-15,20-21,24,27,29-30H,16-19,22-23,25-26H2,1-8H3,(H,43,44,45,50). The van der Waals surface area contributed by atoms with E-state index in [0.717, 1.165) is 42.6 Å². The zero-order valence-corrected chi connectivity index (χ0v) is 32.8. The summed E-state index contributed by atoms with van der Waals surface area (Å²) in [6.45, 7) is 16.6. The summed E-state index contributed by atoms with van der Waals surface area (Å²) >= 11 is 0. The highest BCUT2D eigenvalue weighted by molar-refractivity contribution is 6.05. The number of ether oxygens (including phenoxy) is 3. The normalized spacial score (nSPS) is 18.4. The second kappa shape index (κ2) is 15.3. The van der Waals surface area contributed by atoms with Crippen molar-refractivity contribution in [3.63, 3.8) is 0 Å². The van der Waals surface area contributed by atoms with Gasteiger partial charge in [0.25, 0.3) is 0 Å². The SMILES string of the molecule is CC(C)(C)CC(C)(C)OC(=O)N1CCN(C2CCC(n3cc(-c4ccc(Oc5ccccc5)cc4)c4c(NC(=O)OC(C)(C)C)ncnc43)CC2)C(=O)C1. The smallest absolute Gasteiger partial charge is 0.413 e. The van der Waals surface area contributed by atoms with Gasteiger partial charge < -0.3 is 23.7 Å². The van der Waals surface area contributed by atoms with Crippen molar-refractivity contribution in [2.24, 2.45) is 5.41 Å². The lowest BCUT2D eigenvalue weighted by atomic mass is 9.84. The molecule has 1 aliphatic carbocycles. The molecule has 1 saturated carbocycles. The zero-order chi connectivity index (χ0) is 38.8. The number of hydrogen-bond donors (Lipinski definition) is 1. The molecule has 2 aliphatic rings. The van der Waals surface area contributed by atoms with E-state index >= 15 is 0 Å². The van der Waals surface area contributed by atoms with Gasteiger partial charge in [-0.25, -0.2) is 19.6 Å². The Kier molecular flexibility index (Phi) is 10.9. The van der Waals surface area contributed by atoms with Crippen LogP contribution in [0.4, 0.5) is 15.4 Å². The van der Waals surface area contributed by atoms with Crippen LogP contribution in [0.5, 0.6) is 11.5 Å². The molecule has 2 aromatic carbocycles. The van der Waals surface area contributed by atoms with Gasteiger partial charge in [-0.2, -0.15) is 0 Å². The molecular formula is C42H54N6O6. The molecule has 0 unspecified atom stereocenters. The Bertz CT molecular complexity index is 1950. The lowest BCUT2D eigenvalue weighted by Crippen LogP contribution is -2.56. The summed E-state index contributed by atoms with van der Waals surface area (Å²) in [5.41, 5.74) is 1.18. The Balaban J connectivity index is 1.18. The van der Waals surface area contributed by atoms with Gasteiger partial charge in [0.1, 0.15) is 47.0 Å². The Morgan fingerprint density at radius 1 is 0.815 bits per heavy atom. The van der Waals surface area contributed by atoms with Gasteiger partial charge in [0.2, 0.25) is 5.91 Å². The number of piperazine rings is 1. The third-order valence-corrected chi connectivity index (χ3v) is 9.71. The molecule has 54 heavy (non-hydrogen) atoms. The first-order valence-electron chi connectivity index (χ1n) is 18.9.